The van der Waals surface area contributed by atoms with Crippen LogP contribution in [0.4, 0.5) is 4.79 Å². The fraction of sp³-hybridized carbons (Fsp3) is 0.357. The van der Waals surface area contributed by atoms with Crippen LogP contribution in [-0.2, 0) is 0 Å². The molecule has 104 valence electrons. The molecule has 2 unspecified atom stereocenters. The third-order valence-electron chi connectivity index (χ3n) is 2.70. The van der Waals surface area contributed by atoms with Gasteiger partial charge in [0.05, 0.1) is 19.3 Å². The van der Waals surface area contributed by atoms with Gasteiger partial charge in [0.15, 0.2) is 0 Å². The van der Waals surface area contributed by atoms with Gasteiger partial charge in [-0.15, -0.1) is 6.58 Å². The number of nitrogens with one attached hydrogen (secondary N) is 2. The van der Waals surface area contributed by atoms with Crippen LogP contribution in [0, 0.1) is 0 Å². The first-order chi connectivity index (χ1) is 9.08. The van der Waals surface area contributed by atoms with Gasteiger partial charge in [-0.2, -0.15) is 0 Å². The molecule has 0 aliphatic carbocycles. The van der Waals surface area contributed by atoms with Crippen molar-refractivity contribution in [3.05, 3.63) is 42.5 Å². The summed E-state index contributed by atoms with van der Waals surface area (Å²) in [6, 6.07) is 6.33. The van der Waals surface area contributed by atoms with E-state index in [4.69, 9.17) is 4.74 Å². The molecule has 0 heterocycles. The summed E-state index contributed by atoms with van der Waals surface area (Å²) in [5.41, 5.74) is 0.720. The Morgan fingerprint density at radius 3 is 2.63 bits per heavy atom. The minimum absolute atomic E-state index is 0.333. The molecule has 0 radical (unpaired) electrons. The Bertz CT molecular complexity index is 417. The van der Waals surface area contributed by atoms with Gasteiger partial charge in [0.2, 0.25) is 0 Å². The van der Waals surface area contributed by atoms with E-state index < -0.39 is 12.1 Å². The maximum atomic E-state index is 11.4. The largest absolute Gasteiger partial charge is 0.497 e. The van der Waals surface area contributed by atoms with Crippen molar-refractivity contribution in [3.63, 3.8) is 0 Å². The average Bonchev–Trinajstić information content (AvgIpc) is 2.44. The number of carbonyl (C=O) groups is 1. The molecule has 0 spiro atoms. The van der Waals surface area contributed by atoms with E-state index >= 15 is 0 Å². The number of amides is 2. The number of hydrogen-bond acceptors (Lipinski definition) is 3. The third kappa shape index (κ3) is 4.63. The van der Waals surface area contributed by atoms with E-state index in [-0.39, 0.29) is 6.03 Å². The van der Waals surface area contributed by atoms with Gasteiger partial charge in [0.25, 0.3) is 0 Å². The lowest BCUT2D eigenvalue weighted by Gasteiger charge is -2.20. The van der Waals surface area contributed by atoms with Crippen LogP contribution in [0.1, 0.15) is 18.6 Å². The van der Waals surface area contributed by atoms with Crippen LogP contribution in [0.5, 0.6) is 5.75 Å². The monoisotopic (exact) mass is 264 g/mol. The second-order valence-corrected chi connectivity index (χ2v) is 4.15. The van der Waals surface area contributed by atoms with E-state index in [0.29, 0.717) is 6.54 Å². The lowest BCUT2D eigenvalue weighted by Crippen LogP contribution is -2.43. The van der Waals surface area contributed by atoms with E-state index in [1.165, 1.54) is 0 Å². The Hall–Kier alpha value is -2.01. The van der Waals surface area contributed by atoms with Crippen LogP contribution in [0.15, 0.2) is 36.9 Å². The molecule has 3 N–H and O–H groups in total. The topological polar surface area (TPSA) is 70.6 Å². The highest BCUT2D eigenvalue weighted by molar-refractivity contribution is 5.74. The third-order valence-corrected chi connectivity index (χ3v) is 2.70. The number of urea groups is 1. The van der Waals surface area contributed by atoms with Crippen molar-refractivity contribution in [1.29, 1.82) is 0 Å². The van der Waals surface area contributed by atoms with Gasteiger partial charge in [-0.3, -0.25) is 0 Å². The van der Waals surface area contributed by atoms with Crippen LogP contribution in [0.25, 0.3) is 0 Å². The SMILES string of the molecule is C=CCNC(=O)NC(C)C(O)c1ccc(OC)cc1. The summed E-state index contributed by atoms with van der Waals surface area (Å²) >= 11 is 0. The summed E-state index contributed by atoms with van der Waals surface area (Å²) in [6.45, 7) is 5.63. The molecule has 19 heavy (non-hydrogen) atoms. The Kier molecular flexibility index (Phi) is 5.89. The molecule has 2 atom stereocenters. The van der Waals surface area contributed by atoms with Crippen molar-refractivity contribution in [2.45, 2.75) is 19.1 Å². The first-order valence-electron chi connectivity index (χ1n) is 6.05. The summed E-state index contributed by atoms with van der Waals surface area (Å²) in [5.74, 6) is 0.722. The fourth-order valence-corrected chi connectivity index (χ4v) is 1.59. The van der Waals surface area contributed by atoms with Crippen LogP contribution in [0.2, 0.25) is 0 Å². The number of rotatable bonds is 6. The van der Waals surface area contributed by atoms with Gasteiger partial charge in [0.1, 0.15) is 5.75 Å². The van der Waals surface area contributed by atoms with Gasteiger partial charge in [-0.25, -0.2) is 4.79 Å². The van der Waals surface area contributed by atoms with E-state index in [1.807, 2.05) is 0 Å². The van der Waals surface area contributed by atoms with E-state index in [1.54, 1.807) is 44.4 Å². The fourth-order valence-electron chi connectivity index (χ4n) is 1.59. The van der Waals surface area contributed by atoms with Crippen molar-refractivity contribution in [2.75, 3.05) is 13.7 Å². The first kappa shape index (κ1) is 15.0. The number of methoxy groups -OCH3 is 1. The zero-order valence-electron chi connectivity index (χ0n) is 11.2. The van der Waals surface area contributed by atoms with Crippen molar-refractivity contribution in [1.82, 2.24) is 10.6 Å². The Labute approximate surface area is 113 Å². The summed E-state index contributed by atoms with van der Waals surface area (Å²) < 4.78 is 5.05. The zero-order valence-corrected chi connectivity index (χ0v) is 11.2. The maximum Gasteiger partial charge on any atom is 0.315 e. The lowest BCUT2D eigenvalue weighted by molar-refractivity contribution is 0.137. The molecule has 5 nitrogen and oxygen atoms in total. The van der Waals surface area contributed by atoms with Crippen LogP contribution in [-0.4, -0.2) is 30.8 Å². The van der Waals surface area contributed by atoms with E-state index in [9.17, 15) is 9.90 Å². The normalized spacial score (nSPS) is 13.2. The summed E-state index contributed by atoms with van der Waals surface area (Å²) in [6.07, 6.45) is 0.810. The Morgan fingerprint density at radius 1 is 1.47 bits per heavy atom. The summed E-state index contributed by atoms with van der Waals surface area (Å²) in [7, 11) is 1.58. The maximum absolute atomic E-state index is 11.4. The predicted molar refractivity (Wildman–Crippen MR) is 74.1 cm³/mol. The molecule has 1 aromatic rings. The van der Waals surface area contributed by atoms with Crippen LogP contribution >= 0.6 is 0 Å². The van der Waals surface area contributed by atoms with Crippen molar-refractivity contribution in [3.8, 4) is 5.75 Å². The molecule has 0 saturated carbocycles. The first-order valence-corrected chi connectivity index (χ1v) is 6.05. The summed E-state index contributed by atoms with van der Waals surface area (Å²) in [5, 5.41) is 15.4. The molecule has 2 amide bonds. The van der Waals surface area contributed by atoms with E-state index in [2.05, 4.69) is 17.2 Å². The number of aliphatic hydroxyl groups is 1. The van der Waals surface area contributed by atoms with Gasteiger partial charge in [-0.1, -0.05) is 18.2 Å². The van der Waals surface area contributed by atoms with Gasteiger partial charge >= 0.3 is 6.03 Å². The Morgan fingerprint density at radius 2 is 2.11 bits per heavy atom. The predicted octanol–water partition coefficient (Wildman–Crippen LogP) is 1.60. The lowest BCUT2D eigenvalue weighted by atomic mass is 10.0. The molecule has 0 aromatic heterocycles. The number of carbonyl (C=O) groups excluding carboxylic acids is 1. The zero-order chi connectivity index (χ0) is 14.3. The minimum atomic E-state index is -0.777. The molecular weight excluding hydrogens is 244 g/mol. The second kappa shape index (κ2) is 7.43. The molecular formula is C14H20N2O3. The number of ether oxygens (including phenoxy) is 1. The van der Waals surface area contributed by atoms with Crippen molar-refractivity contribution >= 4 is 6.03 Å². The van der Waals surface area contributed by atoms with Crippen LogP contribution < -0.4 is 15.4 Å². The second-order valence-electron chi connectivity index (χ2n) is 4.15. The molecule has 5 heteroatoms. The molecule has 1 rings (SSSR count). The number of hydrogen-bond donors (Lipinski definition) is 3. The highest BCUT2D eigenvalue weighted by atomic mass is 16.5. The molecule has 0 aliphatic heterocycles. The minimum Gasteiger partial charge on any atom is -0.497 e. The summed E-state index contributed by atoms with van der Waals surface area (Å²) in [4.78, 5) is 11.4. The quantitative estimate of drug-likeness (QED) is 0.683. The molecule has 0 aliphatic rings. The molecule has 0 bridgehead atoms. The highest BCUT2D eigenvalue weighted by Gasteiger charge is 2.18. The van der Waals surface area contributed by atoms with Crippen molar-refractivity contribution < 1.29 is 14.6 Å². The molecule has 0 fully saturated rings. The molecule has 0 saturated heterocycles. The van der Waals surface area contributed by atoms with E-state index in [0.717, 1.165) is 11.3 Å². The smallest absolute Gasteiger partial charge is 0.315 e. The van der Waals surface area contributed by atoms with Gasteiger partial charge in [-0.05, 0) is 24.6 Å². The number of aliphatic hydroxyl groups excluding tert-OH is 1. The molecule has 1 aromatic carbocycles. The number of benzene rings is 1. The van der Waals surface area contributed by atoms with Gasteiger partial charge in [0, 0.05) is 6.54 Å². The van der Waals surface area contributed by atoms with Gasteiger partial charge < -0.3 is 20.5 Å². The highest BCUT2D eigenvalue weighted by Crippen LogP contribution is 2.20. The standard InChI is InChI=1S/C14H20N2O3/c1-4-9-15-14(18)16-10(2)13(17)11-5-7-12(19-3)8-6-11/h4-8,10,13,17H,1,9H2,2-3H3,(H2,15,16,18). The van der Waals surface area contributed by atoms with Crippen LogP contribution in [0.3, 0.4) is 0 Å². The average molecular weight is 264 g/mol. The van der Waals surface area contributed by atoms with Crippen molar-refractivity contribution in [2.24, 2.45) is 0 Å². The Balaban J connectivity index is 2.57.